The van der Waals surface area contributed by atoms with Gasteiger partial charge in [-0.1, -0.05) is 0 Å². The lowest BCUT2D eigenvalue weighted by Crippen LogP contribution is -2.28. The van der Waals surface area contributed by atoms with E-state index in [2.05, 4.69) is 22.3 Å². The molecule has 0 bridgehead atoms. The minimum absolute atomic E-state index is 0.184. The molecule has 0 radical (unpaired) electrons. The van der Waals surface area contributed by atoms with Crippen LogP contribution in [-0.4, -0.2) is 49.9 Å². The Kier molecular flexibility index (Phi) is 5.77. The monoisotopic (exact) mass is 461 g/mol. The van der Waals surface area contributed by atoms with E-state index >= 15 is 4.39 Å². The molecule has 4 heterocycles. The lowest BCUT2D eigenvalue weighted by Gasteiger charge is -2.23. The number of carbonyl (C=O) groups is 1. The van der Waals surface area contributed by atoms with Gasteiger partial charge in [-0.25, -0.2) is 14.4 Å². The maximum Gasteiger partial charge on any atom is 0.251 e. The summed E-state index contributed by atoms with van der Waals surface area (Å²) in [6.45, 7) is 6.18. The molecular formula is C25H28FN7O. The quantitative estimate of drug-likeness (QED) is 0.472. The first-order valence-corrected chi connectivity index (χ1v) is 11.7. The molecule has 1 saturated heterocycles. The zero-order valence-electron chi connectivity index (χ0n) is 19.6. The lowest BCUT2D eigenvalue weighted by molar-refractivity contribution is 0.0963. The summed E-state index contributed by atoms with van der Waals surface area (Å²) in [6, 6.07) is 9.14. The fraction of sp³-hybridized carbons (Fsp3) is 0.360. The van der Waals surface area contributed by atoms with E-state index in [0.29, 0.717) is 34.8 Å². The van der Waals surface area contributed by atoms with Crippen LogP contribution in [0.4, 0.5) is 10.2 Å². The van der Waals surface area contributed by atoms with Crippen molar-refractivity contribution in [2.24, 2.45) is 0 Å². The van der Waals surface area contributed by atoms with Crippen LogP contribution in [0.1, 0.15) is 42.7 Å². The molecule has 1 aromatic carbocycles. The van der Waals surface area contributed by atoms with Crippen molar-refractivity contribution in [3.05, 3.63) is 59.8 Å². The number of amides is 1. The minimum atomic E-state index is -0.355. The first kappa shape index (κ1) is 22.1. The van der Waals surface area contributed by atoms with Crippen LogP contribution in [0.5, 0.6) is 0 Å². The summed E-state index contributed by atoms with van der Waals surface area (Å²) in [4.78, 5) is 23.5. The van der Waals surface area contributed by atoms with Crippen LogP contribution in [0, 0.1) is 5.82 Å². The number of hydrogen-bond donors (Lipinski definition) is 1. The van der Waals surface area contributed by atoms with Crippen LogP contribution in [-0.2, 0) is 13.1 Å². The number of imidazole rings is 1. The van der Waals surface area contributed by atoms with Crippen molar-refractivity contribution < 1.29 is 9.18 Å². The average molecular weight is 462 g/mol. The third kappa shape index (κ3) is 3.91. The predicted octanol–water partition coefficient (Wildman–Crippen LogP) is 3.85. The number of carbonyl (C=O) groups excluding carboxylic acids is 1. The molecule has 1 aliphatic rings. The van der Waals surface area contributed by atoms with E-state index in [4.69, 9.17) is 4.98 Å². The zero-order chi connectivity index (χ0) is 23.8. The number of pyridine rings is 1. The van der Waals surface area contributed by atoms with E-state index in [1.54, 1.807) is 25.4 Å². The van der Waals surface area contributed by atoms with Gasteiger partial charge in [0, 0.05) is 49.7 Å². The number of aryl methyl sites for hydroxylation is 1. The first-order valence-electron chi connectivity index (χ1n) is 11.7. The molecule has 5 rings (SSSR count). The molecule has 1 N–H and O–H groups in total. The highest BCUT2D eigenvalue weighted by Crippen LogP contribution is 2.31. The van der Waals surface area contributed by atoms with Crippen LogP contribution >= 0.6 is 0 Å². The third-order valence-corrected chi connectivity index (χ3v) is 6.48. The summed E-state index contributed by atoms with van der Waals surface area (Å²) in [5.41, 5.74) is 3.47. The van der Waals surface area contributed by atoms with Gasteiger partial charge >= 0.3 is 0 Å². The second kappa shape index (κ2) is 8.89. The zero-order valence-corrected chi connectivity index (χ0v) is 19.6. The summed E-state index contributed by atoms with van der Waals surface area (Å²) >= 11 is 0. The number of benzene rings is 1. The van der Waals surface area contributed by atoms with Gasteiger partial charge in [-0.2, -0.15) is 5.10 Å². The molecule has 0 aliphatic carbocycles. The number of aromatic nitrogens is 5. The van der Waals surface area contributed by atoms with Crippen LogP contribution in [0.15, 0.2) is 42.7 Å². The van der Waals surface area contributed by atoms with Crippen molar-refractivity contribution in [2.45, 2.75) is 45.8 Å². The highest BCUT2D eigenvalue weighted by atomic mass is 19.1. The van der Waals surface area contributed by atoms with E-state index < -0.39 is 0 Å². The number of fused-ring (bicyclic) bond motifs is 1. The van der Waals surface area contributed by atoms with Crippen molar-refractivity contribution in [3.63, 3.8) is 0 Å². The molecule has 4 aromatic rings. The molecule has 1 aliphatic heterocycles. The van der Waals surface area contributed by atoms with E-state index in [9.17, 15) is 4.79 Å². The Balaban J connectivity index is 1.61. The van der Waals surface area contributed by atoms with Gasteiger partial charge in [0.15, 0.2) is 11.6 Å². The normalized spacial score (nSPS) is 15.9. The molecule has 0 spiro atoms. The minimum Gasteiger partial charge on any atom is -0.355 e. The first-order chi connectivity index (χ1) is 16.5. The number of halogens is 1. The molecule has 1 amide bonds. The second-order valence-electron chi connectivity index (χ2n) is 8.68. The van der Waals surface area contributed by atoms with Gasteiger partial charge in [0.05, 0.1) is 23.3 Å². The van der Waals surface area contributed by atoms with Gasteiger partial charge in [-0.3, -0.25) is 9.48 Å². The molecule has 0 unspecified atom stereocenters. The Labute approximate surface area is 197 Å². The number of rotatable bonds is 6. The van der Waals surface area contributed by atoms with Crippen molar-refractivity contribution in [3.8, 4) is 11.4 Å². The molecule has 176 valence electrons. The summed E-state index contributed by atoms with van der Waals surface area (Å²) < 4.78 is 19.1. The smallest absolute Gasteiger partial charge is 0.251 e. The van der Waals surface area contributed by atoms with Crippen LogP contribution in [0.3, 0.4) is 0 Å². The summed E-state index contributed by atoms with van der Waals surface area (Å²) in [6.07, 6.45) is 5.70. The Morgan fingerprint density at radius 1 is 1.26 bits per heavy atom. The highest BCUT2D eigenvalue weighted by molar-refractivity contribution is 5.97. The van der Waals surface area contributed by atoms with Gasteiger partial charge in [0.2, 0.25) is 0 Å². The van der Waals surface area contributed by atoms with Crippen LogP contribution < -0.4 is 10.2 Å². The Morgan fingerprint density at radius 3 is 2.79 bits per heavy atom. The molecule has 3 aromatic heterocycles. The maximum absolute atomic E-state index is 15.2. The molecule has 0 saturated carbocycles. The van der Waals surface area contributed by atoms with E-state index in [1.165, 1.54) is 6.07 Å². The second-order valence-corrected chi connectivity index (χ2v) is 8.68. The van der Waals surface area contributed by atoms with Gasteiger partial charge in [-0.15, -0.1) is 0 Å². The summed E-state index contributed by atoms with van der Waals surface area (Å²) in [7, 11) is 1.60. The number of anilines is 1. The topological polar surface area (TPSA) is 80.9 Å². The standard InChI is InChI=1S/C25H28FN7O/c1-4-31-11-9-19(30-31)15-33-22-8-7-17(25(34)27-3)13-21(22)29-23(33)18-12-20(26)24(28-14-18)32-10-5-6-16(32)2/h7-9,11-14,16H,4-6,10,15H2,1-3H3,(H,27,34)/t16-/m0/s1. The Hall–Kier alpha value is -3.75. The molecule has 8 nitrogen and oxygen atoms in total. The fourth-order valence-electron chi connectivity index (χ4n) is 4.63. The fourth-order valence-corrected chi connectivity index (χ4v) is 4.63. The van der Waals surface area contributed by atoms with Crippen molar-refractivity contribution in [1.29, 1.82) is 0 Å². The van der Waals surface area contributed by atoms with Gasteiger partial charge in [0.25, 0.3) is 5.91 Å². The number of hydrogen-bond acceptors (Lipinski definition) is 5. The van der Waals surface area contributed by atoms with Gasteiger partial charge in [0.1, 0.15) is 5.82 Å². The predicted molar refractivity (Wildman–Crippen MR) is 129 cm³/mol. The Morgan fingerprint density at radius 2 is 2.12 bits per heavy atom. The summed E-state index contributed by atoms with van der Waals surface area (Å²) in [5.74, 6) is 0.435. The largest absolute Gasteiger partial charge is 0.355 e. The van der Waals surface area contributed by atoms with Gasteiger partial charge in [-0.05, 0) is 57.0 Å². The third-order valence-electron chi connectivity index (χ3n) is 6.48. The Bertz CT molecular complexity index is 1360. The molecule has 9 heteroatoms. The van der Waals surface area contributed by atoms with Crippen LogP contribution in [0.2, 0.25) is 0 Å². The number of nitrogens with one attached hydrogen (secondary N) is 1. The molecule has 1 fully saturated rings. The van der Waals surface area contributed by atoms with Crippen LogP contribution in [0.25, 0.3) is 22.4 Å². The SMILES string of the molecule is CCn1ccc(Cn2c(-c3cnc(N4CCC[C@@H]4C)c(F)c3)nc3cc(C(=O)NC)ccc32)n1. The van der Waals surface area contributed by atoms with Gasteiger partial charge < -0.3 is 14.8 Å². The van der Waals surface area contributed by atoms with E-state index in [0.717, 1.165) is 37.1 Å². The van der Waals surface area contributed by atoms with E-state index in [-0.39, 0.29) is 17.8 Å². The maximum atomic E-state index is 15.2. The average Bonchev–Trinajstić information content (AvgIpc) is 3.57. The molecule has 34 heavy (non-hydrogen) atoms. The van der Waals surface area contributed by atoms with E-state index in [1.807, 2.05) is 39.4 Å². The molecule has 1 atom stereocenters. The van der Waals surface area contributed by atoms with Crippen molar-refractivity contribution >= 4 is 22.8 Å². The highest BCUT2D eigenvalue weighted by Gasteiger charge is 2.25. The van der Waals surface area contributed by atoms with Crippen molar-refractivity contribution in [2.75, 3.05) is 18.5 Å². The lowest BCUT2D eigenvalue weighted by atomic mass is 10.2. The number of nitrogens with zero attached hydrogens (tertiary/aromatic N) is 6. The summed E-state index contributed by atoms with van der Waals surface area (Å²) in [5, 5.41) is 7.25. The molecular weight excluding hydrogens is 433 g/mol. The van der Waals surface area contributed by atoms with Crippen molar-refractivity contribution in [1.82, 2.24) is 29.6 Å².